The van der Waals surface area contributed by atoms with Crippen LogP contribution in [0.1, 0.15) is 44.2 Å². The first-order valence-corrected chi connectivity index (χ1v) is 8.60. The van der Waals surface area contributed by atoms with Crippen LogP contribution >= 0.6 is 11.8 Å². The lowest BCUT2D eigenvalue weighted by atomic mass is 9.93. The monoisotopic (exact) mass is 295 g/mol. The Hall–Kier alpha value is -0.870. The van der Waals surface area contributed by atoms with Crippen molar-refractivity contribution in [2.24, 2.45) is 0 Å². The van der Waals surface area contributed by atoms with Crippen molar-refractivity contribution in [3.8, 4) is 11.5 Å². The lowest BCUT2D eigenvalue weighted by Crippen LogP contribution is -2.41. The van der Waals surface area contributed by atoms with Gasteiger partial charge in [0.1, 0.15) is 11.5 Å². The second-order valence-electron chi connectivity index (χ2n) is 5.48. The zero-order valence-corrected chi connectivity index (χ0v) is 13.4. The third-order valence-electron chi connectivity index (χ3n) is 4.17. The number of aromatic hydroxyl groups is 1. The van der Waals surface area contributed by atoms with E-state index in [0.717, 1.165) is 5.56 Å². The molecule has 1 fully saturated rings. The van der Waals surface area contributed by atoms with Crippen LogP contribution < -0.4 is 10.1 Å². The van der Waals surface area contributed by atoms with Crippen LogP contribution in [0.25, 0.3) is 0 Å². The van der Waals surface area contributed by atoms with Gasteiger partial charge < -0.3 is 15.2 Å². The molecule has 0 spiro atoms. The van der Waals surface area contributed by atoms with Crippen molar-refractivity contribution in [3.05, 3.63) is 23.8 Å². The predicted molar refractivity (Wildman–Crippen MR) is 85.8 cm³/mol. The molecule has 0 saturated heterocycles. The van der Waals surface area contributed by atoms with Crippen LogP contribution in [-0.2, 0) is 0 Å². The molecular weight excluding hydrogens is 270 g/mol. The van der Waals surface area contributed by atoms with Crippen molar-refractivity contribution in [3.63, 3.8) is 0 Å². The molecule has 0 aliphatic heterocycles. The second kappa shape index (κ2) is 7.23. The molecule has 4 heteroatoms. The Labute approximate surface area is 126 Å². The summed E-state index contributed by atoms with van der Waals surface area (Å²) in [6.45, 7) is 2.12. The van der Waals surface area contributed by atoms with Crippen LogP contribution in [-0.4, -0.2) is 29.8 Å². The van der Waals surface area contributed by atoms with Gasteiger partial charge >= 0.3 is 0 Å². The molecule has 20 heavy (non-hydrogen) atoms. The normalized spacial score (nSPS) is 24.4. The van der Waals surface area contributed by atoms with E-state index in [1.165, 1.54) is 25.7 Å². The molecular formula is C16H25NO2S. The zero-order chi connectivity index (χ0) is 14.5. The van der Waals surface area contributed by atoms with Crippen LogP contribution in [0.5, 0.6) is 11.5 Å². The molecule has 2 N–H and O–H groups in total. The van der Waals surface area contributed by atoms with Crippen molar-refractivity contribution in [1.29, 1.82) is 0 Å². The first kappa shape index (κ1) is 15.5. The highest BCUT2D eigenvalue weighted by Gasteiger charge is 2.26. The Morgan fingerprint density at radius 1 is 1.35 bits per heavy atom. The zero-order valence-electron chi connectivity index (χ0n) is 12.6. The largest absolute Gasteiger partial charge is 0.507 e. The average molecular weight is 295 g/mol. The van der Waals surface area contributed by atoms with Gasteiger partial charge in [0.25, 0.3) is 0 Å². The van der Waals surface area contributed by atoms with Gasteiger partial charge in [0.15, 0.2) is 0 Å². The highest BCUT2D eigenvalue weighted by Crippen LogP contribution is 2.32. The van der Waals surface area contributed by atoms with Crippen LogP contribution in [0, 0.1) is 0 Å². The third kappa shape index (κ3) is 3.61. The molecule has 0 radical (unpaired) electrons. The van der Waals surface area contributed by atoms with Gasteiger partial charge in [-0.15, -0.1) is 0 Å². The summed E-state index contributed by atoms with van der Waals surface area (Å²) in [5.74, 6) is 0.999. The topological polar surface area (TPSA) is 41.5 Å². The molecule has 0 heterocycles. The number of hydrogen-bond donors (Lipinski definition) is 2. The lowest BCUT2D eigenvalue weighted by molar-refractivity contribution is 0.350. The second-order valence-corrected chi connectivity index (χ2v) is 6.56. The van der Waals surface area contributed by atoms with E-state index in [9.17, 15) is 5.11 Å². The first-order valence-electron chi connectivity index (χ1n) is 7.31. The van der Waals surface area contributed by atoms with E-state index in [4.69, 9.17) is 4.74 Å². The van der Waals surface area contributed by atoms with E-state index in [1.807, 2.05) is 23.9 Å². The number of hydrogen-bond acceptors (Lipinski definition) is 4. The van der Waals surface area contributed by atoms with Crippen LogP contribution in [0.15, 0.2) is 18.2 Å². The van der Waals surface area contributed by atoms with Crippen molar-refractivity contribution >= 4 is 11.8 Å². The highest BCUT2D eigenvalue weighted by molar-refractivity contribution is 7.99. The van der Waals surface area contributed by atoms with E-state index in [2.05, 4.69) is 18.5 Å². The SMILES string of the molecule is COc1ccc(C(C)NC2CCCCC2SC)c(O)c1. The molecule has 3 unspecified atom stereocenters. The molecule has 1 saturated carbocycles. The maximum Gasteiger partial charge on any atom is 0.124 e. The molecule has 1 aliphatic rings. The molecule has 2 rings (SSSR count). The summed E-state index contributed by atoms with van der Waals surface area (Å²) in [6.07, 6.45) is 7.36. The molecule has 1 aromatic carbocycles. The van der Waals surface area contributed by atoms with Crippen molar-refractivity contribution < 1.29 is 9.84 Å². The van der Waals surface area contributed by atoms with Crippen LogP contribution in [0.4, 0.5) is 0 Å². The molecule has 3 atom stereocenters. The third-order valence-corrected chi connectivity index (χ3v) is 5.34. The summed E-state index contributed by atoms with van der Waals surface area (Å²) < 4.78 is 5.13. The van der Waals surface area contributed by atoms with Crippen LogP contribution in [0.2, 0.25) is 0 Å². The molecule has 0 amide bonds. The Kier molecular flexibility index (Phi) is 5.61. The Bertz CT molecular complexity index is 438. The summed E-state index contributed by atoms with van der Waals surface area (Å²) in [7, 11) is 1.61. The molecule has 0 bridgehead atoms. The molecule has 1 aliphatic carbocycles. The summed E-state index contributed by atoms with van der Waals surface area (Å²) in [5, 5.41) is 14.5. The van der Waals surface area contributed by atoms with Gasteiger partial charge in [0, 0.05) is 29.0 Å². The maximum atomic E-state index is 10.1. The minimum Gasteiger partial charge on any atom is -0.507 e. The van der Waals surface area contributed by atoms with Gasteiger partial charge in [-0.2, -0.15) is 11.8 Å². The maximum absolute atomic E-state index is 10.1. The first-order chi connectivity index (χ1) is 9.65. The van der Waals surface area contributed by atoms with Gasteiger partial charge in [-0.1, -0.05) is 18.9 Å². The molecule has 3 nitrogen and oxygen atoms in total. The Morgan fingerprint density at radius 2 is 2.10 bits per heavy atom. The number of nitrogens with one attached hydrogen (secondary N) is 1. The fraction of sp³-hybridized carbons (Fsp3) is 0.625. The van der Waals surface area contributed by atoms with E-state index in [-0.39, 0.29) is 6.04 Å². The highest BCUT2D eigenvalue weighted by atomic mass is 32.2. The summed E-state index contributed by atoms with van der Waals surface area (Å²) in [6, 6.07) is 6.22. The van der Waals surface area contributed by atoms with E-state index >= 15 is 0 Å². The number of thioether (sulfide) groups is 1. The van der Waals surface area contributed by atoms with Gasteiger partial charge in [0.05, 0.1) is 7.11 Å². The number of ether oxygens (including phenoxy) is 1. The predicted octanol–water partition coefficient (Wildman–Crippen LogP) is 3.73. The number of phenolic OH excluding ortho intramolecular Hbond substituents is 1. The number of phenols is 1. The van der Waals surface area contributed by atoms with Gasteiger partial charge in [0.2, 0.25) is 0 Å². The molecule has 1 aromatic rings. The summed E-state index contributed by atoms with van der Waals surface area (Å²) >= 11 is 1.96. The van der Waals surface area contributed by atoms with Gasteiger partial charge in [-0.25, -0.2) is 0 Å². The Morgan fingerprint density at radius 3 is 2.75 bits per heavy atom. The van der Waals surface area contributed by atoms with Crippen molar-refractivity contribution in [1.82, 2.24) is 5.32 Å². The quantitative estimate of drug-likeness (QED) is 0.868. The smallest absolute Gasteiger partial charge is 0.124 e. The molecule has 0 aromatic heterocycles. The minimum absolute atomic E-state index is 0.152. The number of methoxy groups -OCH3 is 1. The standard InChI is InChI=1S/C16H25NO2S/c1-11(13-9-8-12(19-2)10-15(13)18)17-14-6-4-5-7-16(14)20-3/h8-11,14,16-18H,4-7H2,1-3H3. The van der Waals surface area contributed by atoms with Gasteiger partial charge in [-0.3, -0.25) is 0 Å². The van der Waals surface area contributed by atoms with Gasteiger partial charge in [-0.05, 0) is 32.1 Å². The fourth-order valence-electron chi connectivity index (χ4n) is 3.00. The number of rotatable bonds is 5. The fourth-order valence-corrected chi connectivity index (χ4v) is 3.94. The number of benzene rings is 1. The molecule has 112 valence electrons. The lowest BCUT2D eigenvalue weighted by Gasteiger charge is -2.33. The summed E-state index contributed by atoms with van der Waals surface area (Å²) in [5.41, 5.74) is 0.941. The van der Waals surface area contributed by atoms with E-state index in [1.54, 1.807) is 13.2 Å². The summed E-state index contributed by atoms with van der Waals surface area (Å²) in [4.78, 5) is 0. The minimum atomic E-state index is 0.152. The van der Waals surface area contributed by atoms with Crippen molar-refractivity contribution in [2.45, 2.75) is 49.9 Å². The Balaban J connectivity index is 2.05. The van der Waals surface area contributed by atoms with Crippen molar-refractivity contribution in [2.75, 3.05) is 13.4 Å². The van der Waals surface area contributed by atoms with E-state index < -0.39 is 0 Å². The average Bonchev–Trinajstić information content (AvgIpc) is 2.47. The van der Waals surface area contributed by atoms with Crippen LogP contribution in [0.3, 0.4) is 0 Å². The van der Waals surface area contributed by atoms with E-state index in [0.29, 0.717) is 22.8 Å².